The van der Waals surface area contributed by atoms with Crippen LogP contribution in [-0.2, 0) is 4.79 Å². The summed E-state index contributed by atoms with van der Waals surface area (Å²) in [6.45, 7) is 10.0. The van der Waals surface area contributed by atoms with Crippen LogP contribution in [-0.4, -0.2) is 30.4 Å². The fourth-order valence-corrected chi connectivity index (χ4v) is 3.27. The zero-order valence-electron chi connectivity index (χ0n) is 15.8. The van der Waals surface area contributed by atoms with Gasteiger partial charge in [0.1, 0.15) is 0 Å². The van der Waals surface area contributed by atoms with Crippen molar-refractivity contribution in [2.45, 2.75) is 52.5 Å². The SMILES string of the molecule is CC(CC(=O)Nc1ccccc1C(=O)NC(C)(C)C)C1CCNCC1. The number of nitrogens with one attached hydrogen (secondary N) is 3. The first-order chi connectivity index (χ1) is 11.8. The molecule has 0 spiro atoms. The van der Waals surface area contributed by atoms with Crippen LogP contribution in [0.5, 0.6) is 0 Å². The maximum atomic E-state index is 12.5. The second-order valence-electron chi connectivity index (χ2n) is 8.07. The Morgan fingerprint density at radius 2 is 1.84 bits per heavy atom. The summed E-state index contributed by atoms with van der Waals surface area (Å²) in [5, 5.41) is 9.23. The first kappa shape index (κ1) is 19.4. The summed E-state index contributed by atoms with van der Waals surface area (Å²) in [4.78, 5) is 24.9. The van der Waals surface area contributed by atoms with Crippen LogP contribution in [0.2, 0.25) is 0 Å². The third-order valence-electron chi connectivity index (χ3n) is 4.63. The van der Waals surface area contributed by atoms with E-state index < -0.39 is 0 Å². The summed E-state index contributed by atoms with van der Waals surface area (Å²) in [6.07, 6.45) is 2.73. The first-order valence-electron chi connectivity index (χ1n) is 9.18. The molecule has 5 nitrogen and oxygen atoms in total. The Morgan fingerprint density at radius 3 is 2.48 bits per heavy atom. The van der Waals surface area contributed by atoms with Gasteiger partial charge in [0.15, 0.2) is 0 Å². The van der Waals surface area contributed by atoms with E-state index in [1.807, 2.05) is 32.9 Å². The van der Waals surface area contributed by atoms with E-state index in [9.17, 15) is 9.59 Å². The molecule has 0 bridgehead atoms. The second-order valence-corrected chi connectivity index (χ2v) is 8.07. The highest BCUT2D eigenvalue weighted by Crippen LogP contribution is 2.25. The Balaban J connectivity index is 1.99. The second kappa shape index (κ2) is 8.48. The average Bonchev–Trinajstić information content (AvgIpc) is 2.54. The van der Waals surface area contributed by atoms with Gasteiger partial charge >= 0.3 is 0 Å². The molecular formula is C20H31N3O2. The van der Waals surface area contributed by atoms with Crippen molar-refractivity contribution in [3.05, 3.63) is 29.8 Å². The van der Waals surface area contributed by atoms with Gasteiger partial charge in [-0.2, -0.15) is 0 Å². The number of hydrogen-bond acceptors (Lipinski definition) is 3. The Labute approximate surface area is 151 Å². The number of rotatable bonds is 5. The molecule has 0 aliphatic carbocycles. The quantitative estimate of drug-likeness (QED) is 0.767. The molecule has 25 heavy (non-hydrogen) atoms. The topological polar surface area (TPSA) is 70.2 Å². The number of para-hydroxylation sites is 1. The van der Waals surface area contributed by atoms with E-state index in [1.165, 1.54) is 0 Å². The number of anilines is 1. The van der Waals surface area contributed by atoms with Crippen molar-refractivity contribution in [2.24, 2.45) is 11.8 Å². The van der Waals surface area contributed by atoms with Gasteiger partial charge in [-0.1, -0.05) is 19.1 Å². The van der Waals surface area contributed by atoms with E-state index >= 15 is 0 Å². The van der Waals surface area contributed by atoms with Crippen molar-refractivity contribution in [3.63, 3.8) is 0 Å². The van der Waals surface area contributed by atoms with Gasteiger partial charge in [-0.05, 0) is 70.7 Å². The lowest BCUT2D eigenvalue weighted by Gasteiger charge is -2.28. The summed E-state index contributed by atoms with van der Waals surface area (Å²) in [5.41, 5.74) is 0.754. The summed E-state index contributed by atoms with van der Waals surface area (Å²) in [7, 11) is 0. The zero-order chi connectivity index (χ0) is 18.4. The fourth-order valence-electron chi connectivity index (χ4n) is 3.27. The summed E-state index contributed by atoms with van der Waals surface area (Å²) in [6, 6.07) is 7.17. The molecule has 1 atom stereocenters. The molecule has 0 saturated carbocycles. The molecule has 1 saturated heterocycles. The third kappa shape index (κ3) is 6.16. The summed E-state index contributed by atoms with van der Waals surface area (Å²) in [5.74, 6) is 0.737. The van der Waals surface area contributed by atoms with Crippen LogP contribution < -0.4 is 16.0 Å². The molecule has 1 aromatic carbocycles. The molecule has 2 amide bonds. The standard InChI is InChI=1S/C20H31N3O2/c1-14(15-9-11-21-12-10-15)13-18(24)22-17-8-6-5-7-16(17)19(25)23-20(2,3)4/h5-8,14-15,21H,9-13H2,1-4H3,(H,22,24)(H,23,25). The Morgan fingerprint density at radius 1 is 1.20 bits per heavy atom. The predicted molar refractivity (Wildman–Crippen MR) is 102 cm³/mol. The minimum atomic E-state index is -0.322. The largest absolute Gasteiger partial charge is 0.347 e. The van der Waals surface area contributed by atoms with Crippen molar-refractivity contribution >= 4 is 17.5 Å². The number of hydrogen-bond donors (Lipinski definition) is 3. The number of piperidine rings is 1. The van der Waals surface area contributed by atoms with E-state index in [0.29, 0.717) is 29.5 Å². The van der Waals surface area contributed by atoms with Gasteiger partial charge in [0, 0.05) is 12.0 Å². The van der Waals surface area contributed by atoms with E-state index in [1.54, 1.807) is 12.1 Å². The van der Waals surface area contributed by atoms with Crippen LogP contribution in [0.4, 0.5) is 5.69 Å². The van der Waals surface area contributed by atoms with Crippen LogP contribution in [0, 0.1) is 11.8 Å². The highest BCUT2D eigenvalue weighted by molar-refractivity contribution is 6.04. The lowest BCUT2D eigenvalue weighted by Crippen LogP contribution is -2.40. The Bertz CT molecular complexity index is 601. The molecule has 138 valence electrons. The van der Waals surface area contributed by atoms with Gasteiger partial charge in [-0.15, -0.1) is 0 Å². The van der Waals surface area contributed by atoms with E-state index in [-0.39, 0.29) is 17.4 Å². The van der Waals surface area contributed by atoms with Gasteiger partial charge in [0.05, 0.1) is 11.3 Å². The molecule has 5 heteroatoms. The summed E-state index contributed by atoms with van der Waals surface area (Å²) >= 11 is 0. The van der Waals surface area contributed by atoms with Gasteiger partial charge in [0.2, 0.25) is 5.91 Å². The molecule has 1 aromatic rings. The number of benzene rings is 1. The molecule has 0 radical (unpaired) electrons. The summed E-state index contributed by atoms with van der Waals surface area (Å²) < 4.78 is 0. The Kier molecular flexibility index (Phi) is 6.59. The molecule has 1 aliphatic rings. The van der Waals surface area contributed by atoms with Gasteiger partial charge < -0.3 is 16.0 Å². The maximum absolute atomic E-state index is 12.5. The zero-order valence-corrected chi connectivity index (χ0v) is 15.8. The normalized spacial score (nSPS) is 17.0. The molecule has 0 aromatic heterocycles. The monoisotopic (exact) mass is 345 g/mol. The van der Waals surface area contributed by atoms with Gasteiger partial charge in [0.25, 0.3) is 5.91 Å². The molecule has 2 rings (SSSR count). The van der Waals surface area contributed by atoms with Crippen LogP contribution in [0.1, 0.15) is 57.3 Å². The van der Waals surface area contributed by atoms with Crippen LogP contribution in [0.25, 0.3) is 0 Å². The molecule has 3 N–H and O–H groups in total. The number of carbonyl (C=O) groups is 2. The van der Waals surface area contributed by atoms with Gasteiger partial charge in [-0.3, -0.25) is 9.59 Å². The first-order valence-corrected chi connectivity index (χ1v) is 9.18. The highest BCUT2D eigenvalue weighted by atomic mass is 16.2. The highest BCUT2D eigenvalue weighted by Gasteiger charge is 2.23. The van der Waals surface area contributed by atoms with Crippen molar-refractivity contribution in [2.75, 3.05) is 18.4 Å². The van der Waals surface area contributed by atoms with Crippen molar-refractivity contribution < 1.29 is 9.59 Å². The van der Waals surface area contributed by atoms with E-state index in [2.05, 4.69) is 22.9 Å². The Hall–Kier alpha value is -1.88. The smallest absolute Gasteiger partial charge is 0.253 e. The van der Waals surface area contributed by atoms with Crippen molar-refractivity contribution in [1.29, 1.82) is 0 Å². The van der Waals surface area contributed by atoms with Crippen molar-refractivity contribution in [3.8, 4) is 0 Å². The van der Waals surface area contributed by atoms with Gasteiger partial charge in [-0.25, -0.2) is 0 Å². The predicted octanol–water partition coefficient (Wildman–Crippen LogP) is 3.18. The molecule has 1 aliphatic heterocycles. The van der Waals surface area contributed by atoms with Crippen LogP contribution in [0.15, 0.2) is 24.3 Å². The lowest BCUT2D eigenvalue weighted by atomic mass is 9.84. The molecule has 1 unspecified atom stereocenters. The number of amides is 2. The minimum Gasteiger partial charge on any atom is -0.347 e. The molecule has 1 fully saturated rings. The van der Waals surface area contributed by atoms with Crippen LogP contribution in [0.3, 0.4) is 0 Å². The fraction of sp³-hybridized carbons (Fsp3) is 0.600. The van der Waals surface area contributed by atoms with Crippen LogP contribution >= 0.6 is 0 Å². The van der Waals surface area contributed by atoms with E-state index in [4.69, 9.17) is 0 Å². The third-order valence-corrected chi connectivity index (χ3v) is 4.63. The average molecular weight is 345 g/mol. The molecular weight excluding hydrogens is 314 g/mol. The van der Waals surface area contributed by atoms with Crippen molar-refractivity contribution in [1.82, 2.24) is 10.6 Å². The lowest BCUT2D eigenvalue weighted by molar-refractivity contribution is -0.117. The number of carbonyl (C=O) groups excluding carboxylic acids is 2. The van der Waals surface area contributed by atoms with E-state index in [0.717, 1.165) is 25.9 Å². The minimum absolute atomic E-state index is 0.0259. The maximum Gasteiger partial charge on any atom is 0.253 e. The molecule has 1 heterocycles.